The van der Waals surface area contributed by atoms with Gasteiger partial charge in [0.2, 0.25) is 10.9 Å². The molecule has 0 bridgehead atoms. The number of nitrogens with one attached hydrogen (secondary N) is 1. The molecule has 0 saturated heterocycles. The molecule has 0 aromatic heterocycles. The maximum absolute atomic E-state index is 10.1. The van der Waals surface area contributed by atoms with Crippen molar-refractivity contribution in [1.82, 2.24) is 9.62 Å². The normalized spacial score (nSPS) is 11.3. The highest BCUT2D eigenvalue weighted by atomic mass is 32.2. The standard InChI is InChI=1S/C7H18N2O2S/c1-3-9(4-2)7-5-6-8-12(10)11/h12H,3-7H2,1-2H3,(H,8,10,11). The molecule has 0 rings (SSSR count). The molecule has 12 heavy (non-hydrogen) atoms. The van der Waals surface area contributed by atoms with Crippen molar-refractivity contribution in [1.29, 1.82) is 0 Å². The second-order valence-corrected chi connectivity index (χ2v) is 3.38. The summed E-state index contributed by atoms with van der Waals surface area (Å²) in [5.41, 5.74) is 0. The highest BCUT2D eigenvalue weighted by Gasteiger charge is 1.97. The van der Waals surface area contributed by atoms with Crippen molar-refractivity contribution >= 4 is 10.9 Å². The van der Waals surface area contributed by atoms with Crippen molar-refractivity contribution in [3.8, 4) is 0 Å². The molecule has 0 aromatic rings. The summed E-state index contributed by atoms with van der Waals surface area (Å²) in [4.78, 5) is 2.26. The molecule has 0 unspecified atom stereocenters. The Morgan fingerprint density at radius 1 is 1.25 bits per heavy atom. The summed E-state index contributed by atoms with van der Waals surface area (Å²) in [5, 5.41) is 0. The Bertz CT molecular complexity index is 159. The molecular formula is C7H18N2O2S. The van der Waals surface area contributed by atoms with Gasteiger partial charge in [0.25, 0.3) is 0 Å². The van der Waals surface area contributed by atoms with Gasteiger partial charge in [0.15, 0.2) is 0 Å². The molecule has 0 aliphatic rings. The van der Waals surface area contributed by atoms with E-state index in [1.807, 2.05) is 0 Å². The lowest BCUT2D eigenvalue weighted by atomic mass is 10.4. The monoisotopic (exact) mass is 194 g/mol. The van der Waals surface area contributed by atoms with E-state index in [9.17, 15) is 8.42 Å². The van der Waals surface area contributed by atoms with Crippen molar-refractivity contribution in [2.45, 2.75) is 20.3 Å². The third-order valence-corrected chi connectivity index (χ3v) is 2.27. The molecule has 0 radical (unpaired) electrons. The molecule has 0 aliphatic heterocycles. The molecule has 1 N–H and O–H groups in total. The van der Waals surface area contributed by atoms with Gasteiger partial charge in [0.05, 0.1) is 0 Å². The van der Waals surface area contributed by atoms with Gasteiger partial charge in [-0.05, 0) is 26.1 Å². The maximum atomic E-state index is 10.1. The van der Waals surface area contributed by atoms with Crippen molar-refractivity contribution in [2.75, 3.05) is 26.2 Å². The van der Waals surface area contributed by atoms with E-state index in [1.165, 1.54) is 0 Å². The van der Waals surface area contributed by atoms with E-state index in [-0.39, 0.29) is 0 Å². The third kappa shape index (κ3) is 6.57. The molecule has 5 heteroatoms. The average molecular weight is 194 g/mol. The Kier molecular flexibility index (Phi) is 7.43. The van der Waals surface area contributed by atoms with Crippen LogP contribution in [0.25, 0.3) is 0 Å². The minimum atomic E-state index is -2.41. The zero-order valence-corrected chi connectivity index (χ0v) is 8.64. The molecule has 0 spiro atoms. The van der Waals surface area contributed by atoms with Crippen molar-refractivity contribution in [3.05, 3.63) is 0 Å². The Morgan fingerprint density at radius 2 is 1.83 bits per heavy atom. The zero-order chi connectivity index (χ0) is 9.40. The van der Waals surface area contributed by atoms with Gasteiger partial charge in [0, 0.05) is 6.54 Å². The van der Waals surface area contributed by atoms with Crippen molar-refractivity contribution in [3.63, 3.8) is 0 Å². The molecule has 0 heterocycles. The number of hydrogen-bond acceptors (Lipinski definition) is 3. The fraction of sp³-hybridized carbons (Fsp3) is 1.00. The van der Waals surface area contributed by atoms with E-state index in [1.54, 1.807) is 0 Å². The van der Waals surface area contributed by atoms with Gasteiger partial charge >= 0.3 is 0 Å². The summed E-state index contributed by atoms with van der Waals surface area (Å²) < 4.78 is 22.6. The van der Waals surface area contributed by atoms with Crippen LogP contribution in [0, 0.1) is 0 Å². The van der Waals surface area contributed by atoms with Crippen molar-refractivity contribution < 1.29 is 8.42 Å². The summed E-state index contributed by atoms with van der Waals surface area (Å²) in [5.74, 6) is 0. The molecule has 0 amide bonds. The van der Waals surface area contributed by atoms with Crippen LogP contribution < -0.4 is 4.72 Å². The fourth-order valence-electron chi connectivity index (χ4n) is 1.01. The first-order valence-electron chi connectivity index (χ1n) is 4.31. The summed E-state index contributed by atoms with van der Waals surface area (Å²) in [6, 6.07) is 0. The zero-order valence-electron chi connectivity index (χ0n) is 7.75. The van der Waals surface area contributed by atoms with E-state index in [0.29, 0.717) is 6.54 Å². The molecule has 0 saturated carbocycles. The van der Waals surface area contributed by atoms with Gasteiger partial charge in [0.1, 0.15) is 0 Å². The molecule has 0 fully saturated rings. The van der Waals surface area contributed by atoms with Gasteiger partial charge in [-0.3, -0.25) is 0 Å². The van der Waals surface area contributed by atoms with Gasteiger partial charge in [-0.15, -0.1) is 0 Å². The van der Waals surface area contributed by atoms with Crippen molar-refractivity contribution in [2.24, 2.45) is 0 Å². The molecule has 4 nitrogen and oxygen atoms in total. The average Bonchev–Trinajstić information content (AvgIpc) is 2.04. The summed E-state index contributed by atoms with van der Waals surface area (Å²) in [6.45, 7) is 7.77. The van der Waals surface area contributed by atoms with Crippen LogP contribution in [-0.2, 0) is 10.9 Å². The van der Waals surface area contributed by atoms with Crippen LogP contribution in [0.4, 0.5) is 0 Å². The largest absolute Gasteiger partial charge is 0.304 e. The SMILES string of the molecule is CCN(CC)CCCN[SH](=O)=O. The number of nitrogens with zero attached hydrogens (tertiary/aromatic N) is 1. The fourth-order valence-corrected chi connectivity index (χ4v) is 1.35. The molecular weight excluding hydrogens is 176 g/mol. The second kappa shape index (κ2) is 7.52. The van der Waals surface area contributed by atoms with Gasteiger partial charge in [-0.25, -0.2) is 13.1 Å². The highest BCUT2D eigenvalue weighted by Crippen LogP contribution is 1.88. The summed E-state index contributed by atoms with van der Waals surface area (Å²) in [7, 11) is -2.41. The maximum Gasteiger partial charge on any atom is 0.201 e. The lowest BCUT2D eigenvalue weighted by molar-refractivity contribution is 0.300. The summed E-state index contributed by atoms with van der Waals surface area (Å²) in [6.07, 6.45) is 0.880. The van der Waals surface area contributed by atoms with Gasteiger partial charge in [-0.1, -0.05) is 13.8 Å². The summed E-state index contributed by atoms with van der Waals surface area (Å²) >= 11 is 0. The van der Waals surface area contributed by atoms with Crippen LogP contribution in [0.15, 0.2) is 0 Å². The lowest BCUT2D eigenvalue weighted by Gasteiger charge is -2.16. The first kappa shape index (κ1) is 11.9. The van der Waals surface area contributed by atoms with E-state index in [2.05, 4.69) is 23.5 Å². The lowest BCUT2D eigenvalue weighted by Crippen LogP contribution is -2.26. The van der Waals surface area contributed by atoms with Crippen LogP contribution in [0.5, 0.6) is 0 Å². The Hall–Kier alpha value is -0.130. The van der Waals surface area contributed by atoms with E-state index in [4.69, 9.17) is 0 Å². The predicted octanol–water partition coefficient (Wildman–Crippen LogP) is -0.166. The van der Waals surface area contributed by atoms with E-state index >= 15 is 0 Å². The first-order valence-corrected chi connectivity index (χ1v) is 5.48. The van der Waals surface area contributed by atoms with Crippen LogP contribution in [0.2, 0.25) is 0 Å². The Morgan fingerprint density at radius 3 is 2.25 bits per heavy atom. The van der Waals surface area contributed by atoms with Crippen LogP contribution in [-0.4, -0.2) is 39.5 Å². The minimum Gasteiger partial charge on any atom is -0.304 e. The number of hydrogen-bond donors (Lipinski definition) is 2. The van der Waals surface area contributed by atoms with E-state index in [0.717, 1.165) is 26.1 Å². The number of thiol groups is 1. The van der Waals surface area contributed by atoms with Gasteiger partial charge < -0.3 is 4.90 Å². The van der Waals surface area contributed by atoms with Gasteiger partial charge in [-0.2, -0.15) is 0 Å². The quantitative estimate of drug-likeness (QED) is 0.437. The van der Waals surface area contributed by atoms with Crippen LogP contribution >= 0.6 is 0 Å². The number of rotatable bonds is 7. The first-order chi connectivity index (χ1) is 5.70. The third-order valence-electron chi connectivity index (χ3n) is 1.79. The molecule has 74 valence electrons. The highest BCUT2D eigenvalue weighted by molar-refractivity contribution is 7.70. The molecule has 0 atom stereocenters. The van der Waals surface area contributed by atoms with Crippen LogP contribution in [0.1, 0.15) is 20.3 Å². The molecule has 0 aliphatic carbocycles. The van der Waals surface area contributed by atoms with Crippen LogP contribution in [0.3, 0.4) is 0 Å². The topological polar surface area (TPSA) is 49.4 Å². The van der Waals surface area contributed by atoms with E-state index < -0.39 is 10.9 Å². The second-order valence-electron chi connectivity index (χ2n) is 2.55. The predicted molar refractivity (Wildman–Crippen MR) is 50.7 cm³/mol. The molecule has 0 aromatic carbocycles. The smallest absolute Gasteiger partial charge is 0.201 e. The minimum absolute atomic E-state index is 0.551. The Balaban J connectivity index is 3.29. The Labute approximate surface area is 76.0 Å².